The molecule has 9 heteroatoms. The Bertz CT molecular complexity index is 1610. The minimum atomic E-state index is -3.09. The fraction of sp³-hybridized carbons (Fsp3) is 0.176. The van der Waals surface area contributed by atoms with E-state index in [1.807, 2.05) is 121 Å². The third-order valence-electron chi connectivity index (χ3n) is 6.95. The van der Waals surface area contributed by atoms with Crippen LogP contribution in [-0.4, -0.2) is 50.7 Å². The molecular formula is C34H33N4O4P. The van der Waals surface area contributed by atoms with E-state index in [0.717, 1.165) is 21.5 Å². The highest BCUT2D eigenvalue weighted by atomic mass is 31.2. The molecule has 0 aliphatic carbocycles. The van der Waals surface area contributed by atoms with Crippen molar-refractivity contribution in [1.29, 1.82) is 0 Å². The summed E-state index contributed by atoms with van der Waals surface area (Å²) >= 11 is 0. The number of aromatic nitrogens is 4. The molecule has 0 fully saturated rings. The number of ether oxygens (including phenoxy) is 2. The lowest BCUT2D eigenvalue weighted by atomic mass is 10.1. The van der Waals surface area contributed by atoms with E-state index in [-0.39, 0.29) is 18.5 Å². The molecular weight excluding hydrogens is 559 g/mol. The predicted octanol–water partition coefficient (Wildman–Crippen LogP) is 4.10. The summed E-state index contributed by atoms with van der Waals surface area (Å²) in [6.45, 7) is 0.589. The maximum absolute atomic E-state index is 14.4. The largest absolute Gasteiger partial charge is 0.464 e. The Labute approximate surface area is 251 Å². The highest BCUT2D eigenvalue weighted by molar-refractivity contribution is 7.96. The lowest BCUT2D eigenvalue weighted by molar-refractivity contribution is -0.147. The highest BCUT2D eigenvalue weighted by Gasteiger charge is 2.43. The van der Waals surface area contributed by atoms with Gasteiger partial charge in [-0.1, -0.05) is 121 Å². The maximum Gasteiger partial charge on any atom is 0.337 e. The Morgan fingerprint density at radius 3 is 1.63 bits per heavy atom. The van der Waals surface area contributed by atoms with Crippen LogP contribution in [0.2, 0.25) is 0 Å². The van der Waals surface area contributed by atoms with Crippen LogP contribution >= 0.6 is 6.89 Å². The van der Waals surface area contributed by atoms with Crippen molar-refractivity contribution in [1.82, 2.24) is 20.2 Å². The molecule has 0 N–H and O–H groups in total. The summed E-state index contributed by atoms with van der Waals surface area (Å²) < 4.78 is 11.4. The molecule has 5 rings (SSSR count). The topological polar surface area (TPSA) is 96.2 Å². The maximum atomic E-state index is 14.4. The van der Waals surface area contributed by atoms with Crippen molar-refractivity contribution in [3.8, 4) is 0 Å². The average molecular weight is 593 g/mol. The Morgan fingerprint density at radius 1 is 0.698 bits per heavy atom. The molecule has 0 aliphatic heterocycles. The first kappa shape index (κ1) is 29.7. The van der Waals surface area contributed by atoms with Crippen LogP contribution in [-0.2, 0) is 25.5 Å². The van der Waals surface area contributed by atoms with Crippen molar-refractivity contribution in [2.75, 3.05) is 13.2 Å². The number of hydrogen-bond acceptors (Lipinski definition) is 7. The third-order valence-corrected chi connectivity index (χ3v) is 11.3. The van der Waals surface area contributed by atoms with Gasteiger partial charge in [0.1, 0.15) is 0 Å². The van der Waals surface area contributed by atoms with Gasteiger partial charge in [0, 0.05) is 6.42 Å². The van der Waals surface area contributed by atoms with Gasteiger partial charge in [0.25, 0.3) is 0 Å². The molecule has 0 saturated heterocycles. The molecule has 0 amide bonds. The second kappa shape index (κ2) is 13.9. The molecule has 0 saturated carbocycles. The summed E-state index contributed by atoms with van der Waals surface area (Å²) in [5.41, 5.74) is 0.990. The summed E-state index contributed by atoms with van der Waals surface area (Å²) in [4.78, 5) is 29.7. The quantitative estimate of drug-likeness (QED) is 0.168. The smallest absolute Gasteiger partial charge is 0.337 e. The highest BCUT2D eigenvalue weighted by Crippen LogP contribution is 2.48. The predicted molar refractivity (Wildman–Crippen MR) is 170 cm³/mol. The van der Waals surface area contributed by atoms with E-state index in [2.05, 4.69) is 15.4 Å². The van der Waals surface area contributed by atoms with Crippen LogP contribution in [0.1, 0.15) is 31.3 Å². The zero-order valence-corrected chi connectivity index (χ0v) is 25.0. The summed E-state index contributed by atoms with van der Waals surface area (Å²) in [7, 11) is 0. The number of rotatable bonds is 11. The number of carbonyl (C=O) groups excluding carboxylic acids is 2. The van der Waals surface area contributed by atoms with Crippen LogP contribution in [0.25, 0.3) is 0 Å². The first-order valence-electron chi connectivity index (χ1n) is 14.2. The number of tetrazole rings is 1. The molecule has 0 spiro atoms. The van der Waals surface area contributed by atoms with Gasteiger partial charge in [-0.25, -0.2) is 9.59 Å². The fourth-order valence-corrected chi connectivity index (χ4v) is 9.71. The molecule has 5 aromatic rings. The van der Waals surface area contributed by atoms with Gasteiger partial charge in [-0.15, -0.1) is 15.0 Å². The van der Waals surface area contributed by atoms with Gasteiger partial charge in [0.15, 0.2) is 5.82 Å². The Morgan fingerprint density at radius 2 is 1.16 bits per heavy atom. The van der Waals surface area contributed by atoms with Crippen LogP contribution in [0.5, 0.6) is 0 Å². The molecule has 1 heterocycles. The standard InChI is InChI=1S/C34H33N4O4P/c1-3-41-33(39)31(38-36-30(35-37-38)25-26-17-9-5-10-18-26)32(34(40)42-4-2)43(27-19-11-6-12-20-27,28-21-13-7-14-22-28)29-23-15-8-16-24-29/h5-24,31H,3-4,25H2,1-2H3. The minimum Gasteiger partial charge on any atom is -0.464 e. The third kappa shape index (κ3) is 6.20. The number of carbonyl (C=O) groups is 2. The molecule has 1 unspecified atom stereocenters. The molecule has 1 aromatic heterocycles. The minimum absolute atomic E-state index is 0.102. The van der Waals surface area contributed by atoms with Crippen molar-refractivity contribution in [3.05, 3.63) is 133 Å². The Balaban J connectivity index is 1.90. The normalized spacial score (nSPS) is 11.9. The Hall–Kier alpha value is -4.81. The van der Waals surface area contributed by atoms with E-state index in [4.69, 9.17) is 9.47 Å². The van der Waals surface area contributed by atoms with E-state index in [1.54, 1.807) is 13.8 Å². The molecule has 0 radical (unpaired) electrons. The fourth-order valence-electron chi connectivity index (χ4n) is 5.21. The van der Waals surface area contributed by atoms with Crippen molar-refractivity contribution in [2.45, 2.75) is 26.3 Å². The molecule has 4 aromatic carbocycles. The lowest BCUT2D eigenvalue weighted by Crippen LogP contribution is -2.43. The summed E-state index contributed by atoms with van der Waals surface area (Å²) in [6.07, 6.45) is 0.404. The van der Waals surface area contributed by atoms with E-state index >= 15 is 0 Å². The van der Waals surface area contributed by atoms with Gasteiger partial charge in [0.2, 0.25) is 6.04 Å². The van der Waals surface area contributed by atoms with E-state index in [9.17, 15) is 9.59 Å². The average Bonchev–Trinajstić information content (AvgIpc) is 3.51. The van der Waals surface area contributed by atoms with Crippen LogP contribution in [0.3, 0.4) is 0 Å². The van der Waals surface area contributed by atoms with Crippen molar-refractivity contribution in [2.24, 2.45) is 0 Å². The van der Waals surface area contributed by atoms with Crippen LogP contribution < -0.4 is 15.9 Å². The first-order valence-corrected chi connectivity index (χ1v) is 16.0. The number of esters is 2. The van der Waals surface area contributed by atoms with Gasteiger partial charge in [-0.2, -0.15) is 0 Å². The second-order valence-electron chi connectivity index (χ2n) is 9.63. The molecule has 1 atom stereocenters. The summed E-state index contributed by atoms with van der Waals surface area (Å²) in [6, 6.07) is 37.7. The SMILES string of the molecule is CCOC(=O)C(C(C(=O)OCC)n1nnc(Cc2ccccc2)n1)=P(c1ccccc1)(c1ccccc1)c1ccccc1. The zero-order valence-electron chi connectivity index (χ0n) is 24.1. The van der Waals surface area contributed by atoms with Gasteiger partial charge in [-0.05, 0) is 47.4 Å². The van der Waals surface area contributed by atoms with Crippen molar-refractivity contribution >= 4 is 40.0 Å². The lowest BCUT2D eigenvalue weighted by Gasteiger charge is -2.34. The molecule has 218 valence electrons. The van der Waals surface area contributed by atoms with Gasteiger partial charge < -0.3 is 9.47 Å². The van der Waals surface area contributed by atoms with Crippen molar-refractivity contribution < 1.29 is 19.1 Å². The van der Waals surface area contributed by atoms with Crippen LogP contribution in [0, 0.1) is 0 Å². The molecule has 43 heavy (non-hydrogen) atoms. The zero-order chi connectivity index (χ0) is 30.1. The van der Waals surface area contributed by atoms with Gasteiger partial charge in [0.05, 0.1) is 18.5 Å². The van der Waals surface area contributed by atoms with Crippen LogP contribution in [0.4, 0.5) is 0 Å². The van der Waals surface area contributed by atoms with Crippen LogP contribution in [0.15, 0.2) is 121 Å². The first-order chi connectivity index (χ1) is 21.1. The number of benzene rings is 4. The van der Waals surface area contributed by atoms with Gasteiger partial charge in [-0.3, -0.25) is 0 Å². The number of hydrogen-bond donors (Lipinski definition) is 0. The summed E-state index contributed by atoms with van der Waals surface area (Å²) in [5.74, 6) is -0.875. The monoisotopic (exact) mass is 592 g/mol. The van der Waals surface area contributed by atoms with Gasteiger partial charge >= 0.3 is 11.9 Å². The van der Waals surface area contributed by atoms with E-state index in [0.29, 0.717) is 12.2 Å². The van der Waals surface area contributed by atoms with E-state index < -0.39 is 24.9 Å². The Kier molecular flexibility index (Phi) is 9.59. The van der Waals surface area contributed by atoms with E-state index in [1.165, 1.54) is 4.80 Å². The number of nitrogens with zero attached hydrogens (tertiary/aromatic N) is 4. The second-order valence-corrected chi connectivity index (χ2v) is 13.0. The molecule has 0 bridgehead atoms. The van der Waals surface area contributed by atoms with Crippen molar-refractivity contribution in [3.63, 3.8) is 0 Å². The molecule has 8 nitrogen and oxygen atoms in total. The molecule has 0 aliphatic rings. The summed E-state index contributed by atoms with van der Waals surface area (Å²) in [5, 5.41) is 16.1.